The first kappa shape index (κ1) is 16.3. The van der Waals surface area contributed by atoms with Crippen LogP contribution in [-0.2, 0) is 22.8 Å². The molecule has 3 rings (SSSR count). The van der Waals surface area contributed by atoms with E-state index >= 15 is 0 Å². The quantitative estimate of drug-likeness (QED) is 0.723. The first-order chi connectivity index (χ1) is 11.4. The standard InChI is InChI=1S/C18H19N3O2S/c1-24(22,23)17-5-3-2-4-15(17)12-18-20-10-11-21(18)13-14-6-8-16(19)9-7-14/h2-11H,12-13,19H2,1H3. The van der Waals surface area contributed by atoms with E-state index in [-0.39, 0.29) is 0 Å². The zero-order valence-electron chi connectivity index (χ0n) is 13.4. The van der Waals surface area contributed by atoms with Crippen molar-refractivity contribution in [1.82, 2.24) is 9.55 Å². The molecule has 124 valence electrons. The minimum Gasteiger partial charge on any atom is -0.399 e. The topological polar surface area (TPSA) is 78.0 Å². The van der Waals surface area contributed by atoms with Crippen molar-refractivity contribution in [2.45, 2.75) is 17.9 Å². The summed E-state index contributed by atoms with van der Waals surface area (Å²) in [5.74, 6) is 0.822. The van der Waals surface area contributed by atoms with E-state index in [0.29, 0.717) is 17.9 Å². The maximum Gasteiger partial charge on any atom is 0.175 e. The highest BCUT2D eigenvalue weighted by molar-refractivity contribution is 7.90. The fraction of sp³-hybridized carbons (Fsp3) is 0.167. The van der Waals surface area contributed by atoms with Gasteiger partial charge in [-0.3, -0.25) is 0 Å². The molecule has 0 aliphatic heterocycles. The Morgan fingerprint density at radius 3 is 2.50 bits per heavy atom. The first-order valence-electron chi connectivity index (χ1n) is 7.56. The second-order valence-electron chi connectivity index (χ2n) is 5.77. The number of aromatic nitrogens is 2. The predicted molar refractivity (Wildman–Crippen MR) is 94.5 cm³/mol. The van der Waals surface area contributed by atoms with Crippen molar-refractivity contribution in [1.29, 1.82) is 0 Å². The van der Waals surface area contributed by atoms with Crippen LogP contribution in [0.3, 0.4) is 0 Å². The van der Waals surface area contributed by atoms with Crippen LogP contribution in [0.4, 0.5) is 5.69 Å². The van der Waals surface area contributed by atoms with Gasteiger partial charge in [-0.1, -0.05) is 30.3 Å². The van der Waals surface area contributed by atoms with Gasteiger partial charge in [0.05, 0.1) is 4.90 Å². The SMILES string of the molecule is CS(=O)(=O)c1ccccc1Cc1nccn1Cc1ccc(N)cc1. The van der Waals surface area contributed by atoms with Crippen molar-refractivity contribution in [3.05, 3.63) is 77.9 Å². The zero-order valence-corrected chi connectivity index (χ0v) is 14.2. The Balaban J connectivity index is 1.88. The highest BCUT2D eigenvalue weighted by Crippen LogP contribution is 2.19. The van der Waals surface area contributed by atoms with Crippen molar-refractivity contribution >= 4 is 15.5 Å². The Bertz CT molecular complexity index is 944. The van der Waals surface area contributed by atoms with Gasteiger partial charge in [0.1, 0.15) is 5.82 Å². The second-order valence-corrected chi connectivity index (χ2v) is 7.75. The van der Waals surface area contributed by atoms with Crippen LogP contribution in [0.15, 0.2) is 65.8 Å². The van der Waals surface area contributed by atoms with Crippen LogP contribution in [0.2, 0.25) is 0 Å². The highest BCUT2D eigenvalue weighted by Gasteiger charge is 2.14. The Morgan fingerprint density at radius 1 is 1.08 bits per heavy atom. The van der Waals surface area contributed by atoms with Gasteiger partial charge in [-0.15, -0.1) is 0 Å². The smallest absolute Gasteiger partial charge is 0.175 e. The number of anilines is 1. The summed E-state index contributed by atoms with van der Waals surface area (Å²) in [5.41, 5.74) is 8.31. The van der Waals surface area contributed by atoms with Crippen LogP contribution < -0.4 is 5.73 Å². The van der Waals surface area contributed by atoms with E-state index in [1.807, 2.05) is 47.2 Å². The van der Waals surface area contributed by atoms with Crippen LogP contribution in [-0.4, -0.2) is 24.2 Å². The Hall–Kier alpha value is -2.60. The number of nitrogens with zero attached hydrogens (tertiary/aromatic N) is 2. The van der Waals surface area contributed by atoms with E-state index in [4.69, 9.17) is 5.73 Å². The van der Waals surface area contributed by atoms with Crippen LogP contribution in [0.5, 0.6) is 0 Å². The Morgan fingerprint density at radius 2 is 1.79 bits per heavy atom. The van der Waals surface area contributed by atoms with E-state index < -0.39 is 9.84 Å². The third-order valence-electron chi connectivity index (χ3n) is 3.85. The second kappa shape index (κ2) is 6.49. The summed E-state index contributed by atoms with van der Waals surface area (Å²) in [5, 5.41) is 0. The molecule has 0 spiro atoms. The molecule has 6 heteroatoms. The summed E-state index contributed by atoms with van der Waals surface area (Å²) in [6.45, 7) is 0.663. The molecule has 0 atom stereocenters. The van der Waals surface area contributed by atoms with E-state index in [9.17, 15) is 8.42 Å². The molecular formula is C18H19N3O2S. The summed E-state index contributed by atoms with van der Waals surface area (Å²) in [6.07, 6.45) is 5.32. The minimum absolute atomic E-state index is 0.354. The molecule has 5 nitrogen and oxygen atoms in total. The number of hydrogen-bond acceptors (Lipinski definition) is 4. The monoisotopic (exact) mass is 341 g/mol. The molecule has 0 unspecified atom stereocenters. The predicted octanol–water partition coefficient (Wildman–Crippen LogP) is 2.51. The van der Waals surface area contributed by atoms with Crippen LogP contribution in [0.1, 0.15) is 17.0 Å². The summed E-state index contributed by atoms with van der Waals surface area (Å²) >= 11 is 0. The average Bonchev–Trinajstić information content (AvgIpc) is 2.96. The van der Waals surface area contributed by atoms with Crippen molar-refractivity contribution in [2.75, 3.05) is 12.0 Å². The van der Waals surface area contributed by atoms with Gasteiger partial charge in [-0.2, -0.15) is 0 Å². The largest absolute Gasteiger partial charge is 0.399 e. The summed E-state index contributed by atoms with van der Waals surface area (Å²) in [7, 11) is -3.26. The molecule has 0 aliphatic carbocycles. The number of benzene rings is 2. The lowest BCUT2D eigenvalue weighted by molar-refractivity contribution is 0.600. The lowest BCUT2D eigenvalue weighted by atomic mass is 10.1. The normalized spacial score (nSPS) is 11.5. The fourth-order valence-electron chi connectivity index (χ4n) is 2.65. The van der Waals surface area contributed by atoms with E-state index in [1.54, 1.807) is 18.3 Å². The van der Waals surface area contributed by atoms with Crippen molar-refractivity contribution < 1.29 is 8.42 Å². The van der Waals surface area contributed by atoms with E-state index in [0.717, 1.165) is 22.6 Å². The lowest BCUT2D eigenvalue weighted by Crippen LogP contribution is -2.08. The van der Waals surface area contributed by atoms with Crippen LogP contribution >= 0.6 is 0 Å². The van der Waals surface area contributed by atoms with Gasteiger partial charge in [0, 0.05) is 37.3 Å². The van der Waals surface area contributed by atoms with Gasteiger partial charge >= 0.3 is 0 Å². The first-order valence-corrected chi connectivity index (χ1v) is 9.45. The van der Waals surface area contributed by atoms with Crippen molar-refractivity contribution in [3.8, 4) is 0 Å². The molecule has 0 radical (unpaired) electrons. The van der Waals surface area contributed by atoms with E-state index in [2.05, 4.69) is 4.98 Å². The molecule has 0 saturated carbocycles. The molecular weight excluding hydrogens is 322 g/mol. The van der Waals surface area contributed by atoms with Gasteiger partial charge in [-0.05, 0) is 29.3 Å². The number of rotatable bonds is 5. The van der Waals surface area contributed by atoms with Crippen molar-refractivity contribution in [3.63, 3.8) is 0 Å². The zero-order chi connectivity index (χ0) is 17.2. The molecule has 2 N–H and O–H groups in total. The maximum atomic E-state index is 12.0. The molecule has 0 aliphatic rings. The minimum atomic E-state index is -3.26. The molecule has 1 aromatic heterocycles. The summed E-state index contributed by atoms with van der Waals surface area (Å²) < 4.78 is 25.9. The molecule has 3 aromatic rings. The number of sulfone groups is 1. The molecule has 0 fully saturated rings. The van der Waals surface area contributed by atoms with Gasteiger partial charge < -0.3 is 10.3 Å². The van der Waals surface area contributed by atoms with Crippen LogP contribution in [0, 0.1) is 0 Å². The molecule has 24 heavy (non-hydrogen) atoms. The summed E-state index contributed by atoms with van der Waals surface area (Å²) in [4.78, 5) is 4.75. The van der Waals surface area contributed by atoms with Crippen molar-refractivity contribution in [2.24, 2.45) is 0 Å². The average molecular weight is 341 g/mol. The lowest BCUT2D eigenvalue weighted by Gasteiger charge is -2.11. The molecule has 0 bridgehead atoms. The number of imidazole rings is 1. The maximum absolute atomic E-state index is 12.0. The number of hydrogen-bond donors (Lipinski definition) is 1. The Labute approximate surface area is 141 Å². The third kappa shape index (κ3) is 3.65. The third-order valence-corrected chi connectivity index (χ3v) is 5.05. The molecule has 0 saturated heterocycles. The number of nitrogens with two attached hydrogens (primary N) is 1. The van der Waals surface area contributed by atoms with Gasteiger partial charge in [-0.25, -0.2) is 13.4 Å². The van der Waals surface area contributed by atoms with Gasteiger partial charge in [0.2, 0.25) is 0 Å². The molecule has 0 amide bonds. The Kier molecular flexibility index (Phi) is 4.40. The van der Waals surface area contributed by atoms with E-state index in [1.165, 1.54) is 6.26 Å². The van der Waals surface area contributed by atoms with Gasteiger partial charge in [0.25, 0.3) is 0 Å². The molecule has 2 aromatic carbocycles. The van der Waals surface area contributed by atoms with Crippen LogP contribution in [0.25, 0.3) is 0 Å². The highest BCUT2D eigenvalue weighted by atomic mass is 32.2. The molecule has 1 heterocycles. The number of nitrogen functional groups attached to an aromatic ring is 1. The van der Waals surface area contributed by atoms with Gasteiger partial charge in [0.15, 0.2) is 9.84 Å². The fourth-order valence-corrected chi connectivity index (χ4v) is 3.60. The summed E-state index contributed by atoms with van der Waals surface area (Å²) in [6, 6.07) is 14.7.